The first-order valence-corrected chi connectivity index (χ1v) is 7.53. The van der Waals surface area contributed by atoms with E-state index in [1.807, 2.05) is 25.5 Å². The normalized spacial score (nSPS) is 12.4. The fourth-order valence-electron chi connectivity index (χ4n) is 2.33. The van der Waals surface area contributed by atoms with Crippen molar-refractivity contribution in [2.24, 2.45) is 0 Å². The Balaban J connectivity index is 1.86. The SMILES string of the molecule is CNC(Cn1ccnc1-c1cccs1)c1ccccc1. The number of rotatable bonds is 5. The molecule has 0 amide bonds. The molecule has 1 unspecified atom stereocenters. The van der Waals surface area contributed by atoms with E-state index < -0.39 is 0 Å². The van der Waals surface area contributed by atoms with Crippen molar-refractivity contribution >= 4 is 11.3 Å². The van der Waals surface area contributed by atoms with E-state index >= 15 is 0 Å². The second kappa shape index (κ2) is 6.03. The summed E-state index contributed by atoms with van der Waals surface area (Å²) in [4.78, 5) is 5.69. The molecule has 0 saturated heterocycles. The predicted octanol–water partition coefficient (Wildman–Crippen LogP) is 3.57. The highest BCUT2D eigenvalue weighted by atomic mass is 32.1. The molecule has 1 N–H and O–H groups in total. The van der Waals surface area contributed by atoms with E-state index in [0.29, 0.717) is 0 Å². The van der Waals surface area contributed by atoms with Crippen LogP contribution >= 0.6 is 11.3 Å². The summed E-state index contributed by atoms with van der Waals surface area (Å²) in [6.45, 7) is 0.869. The zero-order chi connectivity index (χ0) is 13.8. The zero-order valence-electron chi connectivity index (χ0n) is 11.4. The van der Waals surface area contributed by atoms with E-state index in [4.69, 9.17) is 0 Å². The largest absolute Gasteiger partial charge is 0.328 e. The van der Waals surface area contributed by atoms with Gasteiger partial charge < -0.3 is 9.88 Å². The third kappa shape index (κ3) is 2.66. The first-order valence-electron chi connectivity index (χ1n) is 6.65. The average molecular weight is 283 g/mol. The molecule has 4 heteroatoms. The van der Waals surface area contributed by atoms with Crippen LogP contribution in [0.25, 0.3) is 10.7 Å². The predicted molar refractivity (Wildman–Crippen MR) is 83.8 cm³/mol. The Bertz CT molecular complexity index is 643. The molecule has 2 heterocycles. The molecular weight excluding hydrogens is 266 g/mol. The lowest BCUT2D eigenvalue weighted by Crippen LogP contribution is -2.22. The minimum absolute atomic E-state index is 0.282. The number of nitrogens with one attached hydrogen (secondary N) is 1. The monoisotopic (exact) mass is 283 g/mol. The van der Waals surface area contributed by atoms with Gasteiger partial charge in [0, 0.05) is 25.0 Å². The van der Waals surface area contributed by atoms with E-state index in [1.54, 1.807) is 11.3 Å². The number of aromatic nitrogens is 2. The molecular formula is C16H17N3S. The first kappa shape index (κ1) is 13.1. The van der Waals surface area contributed by atoms with Crippen LogP contribution in [0.3, 0.4) is 0 Å². The van der Waals surface area contributed by atoms with E-state index in [1.165, 1.54) is 10.4 Å². The summed E-state index contributed by atoms with van der Waals surface area (Å²) in [5, 5.41) is 5.47. The molecule has 1 atom stereocenters. The number of benzene rings is 1. The van der Waals surface area contributed by atoms with Gasteiger partial charge in [-0.25, -0.2) is 4.98 Å². The lowest BCUT2D eigenvalue weighted by atomic mass is 10.1. The Morgan fingerprint density at radius 2 is 2.05 bits per heavy atom. The van der Waals surface area contributed by atoms with Crippen LogP contribution in [0.15, 0.2) is 60.2 Å². The maximum Gasteiger partial charge on any atom is 0.150 e. The summed E-state index contributed by atoms with van der Waals surface area (Å²) >= 11 is 1.72. The summed E-state index contributed by atoms with van der Waals surface area (Å²) in [6, 6.07) is 15.0. The topological polar surface area (TPSA) is 29.9 Å². The highest BCUT2D eigenvalue weighted by molar-refractivity contribution is 7.13. The molecule has 0 aliphatic rings. The molecule has 0 radical (unpaired) electrons. The van der Waals surface area contributed by atoms with Crippen LogP contribution in [-0.4, -0.2) is 16.6 Å². The third-order valence-electron chi connectivity index (χ3n) is 3.39. The summed E-state index contributed by atoms with van der Waals surface area (Å²) in [6.07, 6.45) is 3.91. The lowest BCUT2D eigenvalue weighted by Gasteiger charge is -2.18. The van der Waals surface area contributed by atoms with Crippen molar-refractivity contribution in [1.29, 1.82) is 0 Å². The van der Waals surface area contributed by atoms with Crippen molar-refractivity contribution in [3.05, 3.63) is 65.8 Å². The van der Waals surface area contributed by atoms with Crippen molar-refractivity contribution < 1.29 is 0 Å². The number of likely N-dealkylation sites (N-methyl/N-ethyl adjacent to an activating group) is 1. The number of imidazole rings is 1. The Hall–Kier alpha value is -1.91. The van der Waals surface area contributed by atoms with Crippen molar-refractivity contribution in [2.45, 2.75) is 12.6 Å². The average Bonchev–Trinajstić information content (AvgIpc) is 3.16. The number of nitrogens with zero attached hydrogens (tertiary/aromatic N) is 2. The summed E-state index contributed by atoms with van der Waals surface area (Å²) in [7, 11) is 2.00. The highest BCUT2D eigenvalue weighted by Crippen LogP contribution is 2.24. The molecule has 3 rings (SSSR count). The Labute approximate surface area is 122 Å². The fourth-order valence-corrected chi connectivity index (χ4v) is 3.07. The summed E-state index contributed by atoms with van der Waals surface area (Å²) < 4.78 is 2.21. The van der Waals surface area contributed by atoms with E-state index in [9.17, 15) is 0 Å². The van der Waals surface area contributed by atoms with Gasteiger partial charge in [-0.3, -0.25) is 0 Å². The van der Waals surface area contributed by atoms with Gasteiger partial charge in [-0.05, 0) is 24.1 Å². The molecule has 102 valence electrons. The van der Waals surface area contributed by atoms with E-state index in [2.05, 4.69) is 56.6 Å². The van der Waals surface area contributed by atoms with Crippen LogP contribution in [0.4, 0.5) is 0 Å². The van der Waals surface area contributed by atoms with Crippen LogP contribution in [0.1, 0.15) is 11.6 Å². The van der Waals surface area contributed by atoms with Gasteiger partial charge in [-0.15, -0.1) is 11.3 Å². The van der Waals surface area contributed by atoms with Gasteiger partial charge in [0.1, 0.15) is 5.82 Å². The molecule has 1 aromatic carbocycles. The van der Waals surface area contributed by atoms with Gasteiger partial charge in [0.15, 0.2) is 0 Å². The number of hydrogen-bond acceptors (Lipinski definition) is 3. The second-order valence-electron chi connectivity index (χ2n) is 4.63. The Morgan fingerprint density at radius 3 is 2.75 bits per heavy atom. The smallest absolute Gasteiger partial charge is 0.150 e. The van der Waals surface area contributed by atoms with Crippen molar-refractivity contribution in [1.82, 2.24) is 14.9 Å². The fraction of sp³-hybridized carbons (Fsp3) is 0.188. The van der Waals surface area contributed by atoms with Crippen molar-refractivity contribution in [3.8, 4) is 10.7 Å². The molecule has 3 nitrogen and oxygen atoms in total. The summed E-state index contributed by atoms with van der Waals surface area (Å²) in [5.41, 5.74) is 1.29. The quantitative estimate of drug-likeness (QED) is 0.775. The van der Waals surface area contributed by atoms with Crippen LogP contribution in [0, 0.1) is 0 Å². The van der Waals surface area contributed by atoms with Gasteiger partial charge in [-0.1, -0.05) is 36.4 Å². The molecule has 0 fully saturated rings. The van der Waals surface area contributed by atoms with E-state index in [0.717, 1.165) is 12.4 Å². The van der Waals surface area contributed by atoms with Crippen LogP contribution < -0.4 is 5.32 Å². The Kier molecular flexibility index (Phi) is 3.95. The van der Waals surface area contributed by atoms with Crippen LogP contribution in [0.2, 0.25) is 0 Å². The molecule has 0 saturated carbocycles. The van der Waals surface area contributed by atoms with Gasteiger partial charge in [0.25, 0.3) is 0 Å². The van der Waals surface area contributed by atoms with Gasteiger partial charge in [0.2, 0.25) is 0 Å². The number of hydrogen-bond donors (Lipinski definition) is 1. The van der Waals surface area contributed by atoms with Crippen LogP contribution in [0.5, 0.6) is 0 Å². The number of thiophene rings is 1. The van der Waals surface area contributed by atoms with Gasteiger partial charge in [-0.2, -0.15) is 0 Å². The van der Waals surface area contributed by atoms with Gasteiger partial charge in [0.05, 0.1) is 4.88 Å². The zero-order valence-corrected chi connectivity index (χ0v) is 12.2. The molecule has 20 heavy (non-hydrogen) atoms. The second-order valence-corrected chi connectivity index (χ2v) is 5.58. The molecule has 3 aromatic rings. The molecule has 0 aliphatic heterocycles. The lowest BCUT2D eigenvalue weighted by molar-refractivity contribution is 0.503. The van der Waals surface area contributed by atoms with Crippen LogP contribution in [-0.2, 0) is 6.54 Å². The van der Waals surface area contributed by atoms with E-state index in [-0.39, 0.29) is 6.04 Å². The molecule has 0 aliphatic carbocycles. The minimum Gasteiger partial charge on any atom is -0.328 e. The maximum atomic E-state index is 4.49. The summed E-state index contributed by atoms with van der Waals surface area (Å²) in [5.74, 6) is 1.04. The third-order valence-corrected chi connectivity index (χ3v) is 4.25. The molecule has 0 bridgehead atoms. The highest BCUT2D eigenvalue weighted by Gasteiger charge is 2.13. The minimum atomic E-state index is 0.282. The van der Waals surface area contributed by atoms with Crippen molar-refractivity contribution in [2.75, 3.05) is 7.05 Å². The Morgan fingerprint density at radius 1 is 1.20 bits per heavy atom. The van der Waals surface area contributed by atoms with Crippen molar-refractivity contribution in [3.63, 3.8) is 0 Å². The standard InChI is InChI=1S/C16H17N3S/c1-17-14(13-6-3-2-4-7-13)12-19-10-9-18-16(19)15-8-5-11-20-15/h2-11,14,17H,12H2,1H3. The molecule has 2 aromatic heterocycles. The maximum absolute atomic E-state index is 4.49. The van der Waals surface area contributed by atoms with Gasteiger partial charge >= 0.3 is 0 Å². The first-order chi connectivity index (χ1) is 9.88. The molecule has 0 spiro atoms.